The van der Waals surface area contributed by atoms with E-state index in [9.17, 15) is 9.18 Å². The van der Waals surface area contributed by atoms with E-state index < -0.39 is 0 Å². The third-order valence-corrected chi connectivity index (χ3v) is 6.90. The number of benzene rings is 2. The van der Waals surface area contributed by atoms with E-state index in [-0.39, 0.29) is 23.5 Å². The Morgan fingerprint density at radius 3 is 2.68 bits per heavy atom. The highest BCUT2D eigenvalue weighted by Gasteiger charge is 2.34. The van der Waals surface area contributed by atoms with Crippen LogP contribution in [0.5, 0.6) is 11.5 Å². The lowest BCUT2D eigenvalue weighted by Gasteiger charge is -2.23. The Labute approximate surface area is 188 Å². The van der Waals surface area contributed by atoms with Crippen molar-refractivity contribution in [1.29, 1.82) is 0 Å². The van der Waals surface area contributed by atoms with Gasteiger partial charge in [0.05, 0.1) is 36.6 Å². The SMILES string of the molecule is COc1ccc([C@@H]2CC(c3cccs3)=NN2C(=O)CSc2ccccc2F)cc1OC. The number of nitrogens with zero attached hydrogens (tertiary/aromatic N) is 2. The molecule has 1 atom stereocenters. The summed E-state index contributed by atoms with van der Waals surface area (Å²) in [6.07, 6.45) is 0.589. The first-order valence-electron chi connectivity index (χ1n) is 9.63. The van der Waals surface area contributed by atoms with Gasteiger partial charge in [0.25, 0.3) is 5.91 Å². The number of carbonyl (C=O) groups is 1. The summed E-state index contributed by atoms with van der Waals surface area (Å²) in [6.45, 7) is 0. The number of carbonyl (C=O) groups excluding carboxylic acids is 1. The van der Waals surface area contributed by atoms with Crippen LogP contribution in [0.15, 0.2) is 70.0 Å². The van der Waals surface area contributed by atoms with Crippen molar-refractivity contribution in [2.45, 2.75) is 17.4 Å². The molecule has 31 heavy (non-hydrogen) atoms. The minimum Gasteiger partial charge on any atom is -0.493 e. The van der Waals surface area contributed by atoms with E-state index in [1.165, 1.54) is 22.8 Å². The zero-order chi connectivity index (χ0) is 21.8. The summed E-state index contributed by atoms with van der Waals surface area (Å²) >= 11 is 2.76. The van der Waals surface area contributed by atoms with Crippen LogP contribution in [0.25, 0.3) is 0 Å². The van der Waals surface area contributed by atoms with Gasteiger partial charge in [-0.05, 0) is 41.3 Å². The smallest absolute Gasteiger partial charge is 0.253 e. The molecule has 8 heteroatoms. The first kappa shape index (κ1) is 21.4. The van der Waals surface area contributed by atoms with E-state index in [1.54, 1.807) is 43.8 Å². The average Bonchev–Trinajstić information content (AvgIpc) is 3.48. The van der Waals surface area contributed by atoms with Gasteiger partial charge in [0.2, 0.25) is 0 Å². The molecule has 0 unspecified atom stereocenters. The zero-order valence-electron chi connectivity index (χ0n) is 17.1. The summed E-state index contributed by atoms with van der Waals surface area (Å²) in [5.41, 5.74) is 1.76. The molecule has 0 saturated carbocycles. The van der Waals surface area contributed by atoms with E-state index in [2.05, 4.69) is 5.10 Å². The first-order valence-corrected chi connectivity index (χ1v) is 11.5. The van der Waals surface area contributed by atoms with Gasteiger partial charge in [-0.25, -0.2) is 9.40 Å². The number of hydrogen-bond donors (Lipinski definition) is 0. The Hall–Kier alpha value is -2.84. The molecule has 5 nitrogen and oxygen atoms in total. The van der Waals surface area contributed by atoms with E-state index >= 15 is 0 Å². The van der Waals surface area contributed by atoms with Crippen LogP contribution in [0, 0.1) is 5.82 Å². The summed E-state index contributed by atoms with van der Waals surface area (Å²) in [4.78, 5) is 14.6. The second-order valence-electron chi connectivity index (χ2n) is 6.82. The predicted octanol–water partition coefficient (Wildman–Crippen LogP) is 5.37. The topological polar surface area (TPSA) is 51.1 Å². The van der Waals surface area contributed by atoms with Crippen molar-refractivity contribution in [3.8, 4) is 11.5 Å². The number of methoxy groups -OCH3 is 2. The standard InChI is InChI=1S/C23H21FN2O3S2/c1-28-19-10-9-15(12-20(19)29-2)18-13-17(22-8-5-11-30-22)25-26(18)23(27)14-31-21-7-4-3-6-16(21)24/h3-12,18H,13-14H2,1-2H3/t18-/m0/s1. The summed E-state index contributed by atoms with van der Waals surface area (Å²) in [6, 6.07) is 15.8. The van der Waals surface area contributed by atoms with Crippen LogP contribution in [0.1, 0.15) is 22.9 Å². The van der Waals surface area contributed by atoms with Crippen LogP contribution >= 0.6 is 23.1 Å². The van der Waals surface area contributed by atoms with Crippen LogP contribution < -0.4 is 9.47 Å². The summed E-state index contributed by atoms with van der Waals surface area (Å²) in [5, 5.41) is 8.16. The summed E-state index contributed by atoms with van der Waals surface area (Å²) in [7, 11) is 3.17. The van der Waals surface area contributed by atoms with Gasteiger partial charge in [-0.15, -0.1) is 23.1 Å². The number of amides is 1. The fraction of sp³-hybridized carbons (Fsp3) is 0.217. The van der Waals surface area contributed by atoms with Gasteiger partial charge >= 0.3 is 0 Å². The third-order valence-electron chi connectivity index (χ3n) is 4.95. The fourth-order valence-corrected chi connectivity index (χ4v) is 4.93. The number of hydrogen-bond acceptors (Lipinski definition) is 6. The fourth-order valence-electron chi connectivity index (χ4n) is 3.42. The monoisotopic (exact) mass is 456 g/mol. The van der Waals surface area contributed by atoms with Gasteiger partial charge in [0.1, 0.15) is 5.82 Å². The molecule has 160 valence electrons. The van der Waals surface area contributed by atoms with E-state index in [0.717, 1.165) is 16.2 Å². The minimum absolute atomic E-state index is 0.0892. The van der Waals surface area contributed by atoms with E-state index in [1.807, 2.05) is 35.7 Å². The third kappa shape index (κ3) is 4.60. The number of ether oxygens (including phenoxy) is 2. The van der Waals surface area contributed by atoms with Gasteiger partial charge in [0.15, 0.2) is 11.5 Å². The molecule has 1 amide bonds. The lowest BCUT2D eigenvalue weighted by atomic mass is 10.0. The van der Waals surface area contributed by atoms with E-state index in [0.29, 0.717) is 22.8 Å². The van der Waals surface area contributed by atoms with Crippen LogP contribution in [0.2, 0.25) is 0 Å². The molecule has 0 aliphatic carbocycles. The maximum Gasteiger partial charge on any atom is 0.253 e. The minimum atomic E-state index is -0.332. The summed E-state index contributed by atoms with van der Waals surface area (Å²) in [5.74, 6) is 0.793. The molecule has 1 aromatic heterocycles. The second kappa shape index (κ2) is 9.53. The Morgan fingerprint density at radius 2 is 1.97 bits per heavy atom. The number of halogens is 1. The van der Waals surface area contributed by atoms with Crippen LogP contribution in [0.3, 0.4) is 0 Å². The highest BCUT2D eigenvalue weighted by Crippen LogP contribution is 2.38. The maximum absolute atomic E-state index is 14.0. The normalized spacial score (nSPS) is 15.6. The van der Waals surface area contributed by atoms with Crippen molar-refractivity contribution in [2.75, 3.05) is 20.0 Å². The lowest BCUT2D eigenvalue weighted by molar-refractivity contribution is -0.130. The average molecular weight is 457 g/mol. The largest absolute Gasteiger partial charge is 0.493 e. The first-order chi connectivity index (χ1) is 15.1. The molecule has 0 fully saturated rings. The molecule has 3 aromatic rings. The van der Waals surface area contributed by atoms with Crippen molar-refractivity contribution >= 4 is 34.7 Å². The highest BCUT2D eigenvalue weighted by atomic mass is 32.2. The molecule has 0 N–H and O–H groups in total. The van der Waals surface area contributed by atoms with Crippen molar-refractivity contribution in [2.24, 2.45) is 5.10 Å². The number of rotatable bonds is 7. The van der Waals surface area contributed by atoms with Gasteiger partial charge in [-0.1, -0.05) is 24.3 Å². The van der Waals surface area contributed by atoms with Gasteiger partial charge in [-0.2, -0.15) is 5.10 Å². The molecule has 1 aliphatic heterocycles. The van der Waals surface area contributed by atoms with Crippen molar-refractivity contribution in [3.63, 3.8) is 0 Å². The number of thioether (sulfide) groups is 1. The number of hydrazone groups is 1. The van der Waals surface area contributed by atoms with Crippen molar-refractivity contribution < 1.29 is 18.7 Å². The second-order valence-corrected chi connectivity index (χ2v) is 8.78. The Morgan fingerprint density at radius 1 is 1.16 bits per heavy atom. The maximum atomic E-state index is 14.0. The molecule has 0 bridgehead atoms. The molecule has 0 spiro atoms. The van der Waals surface area contributed by atoms with Gasteiger partial charge < -0.3 is 9.47 Å². The van der Waals surface area contributed by atoms with Crippen LogP contribution in [-0.4, -0.2) is 36.6 Å². The lowest BCUT2D eigenvalue weighted by Crippen LogP contribution is -2.28. The van der Waals surface area contributed by atoms with E-state index in [4.69, 9.17) is 9.47 Å². The molecular weight excluding hydrogens is 435 g/mol. The zero-order valence-corrected chi connectivity index (χ0v) is 18.7. The highest BCUT2D eigenvalue weighted by molar-refractivity contribution is 8.00. The molecule has 4 rings (SSSR count). The Kier molecular flexibility index (Phi) is 6.58. The molecular formula is C23H21FN2O3S2. The molecule has 0 radical (unpaired) electrons. The molecule has 0 saturated heterocycles. The molecule has 2 aromatic carbocycles. The molecule has 1 aliphatic rings. The van der Waals surface area contributed by atoms with Crippen LogP contribution in [-0.2, 0) is 4.79 Å². The predicted molar refractivity (Wildman–Crippen MR) is 122 cm³/mol. The Bertz CT molecular complexity index is 1100. The van der Waals surface area contributed by atoms with Crippen LogP contribution in [0.4, 0.5) is 4.39 Å². The van der Waals surface area contributed by atoms with Gasteiger partial charge in [0, 0.05) is 11.3 Å². The van der Waals surface area contributed by atoms with Gasteiger partial charge in [-0.3, -0.25) is 4.79 Å². The Balaban J connectivity index is 1.61. The summed E-state index contributed by atoms with van der Waals surface area (Å²) < 4.78 is 24.7. The molecule has 2 heterocycles. The quantitative estimate of drug-likeness (QED) is 0.448. The van der Waals surface area contributed by atoms with Crippen molar-refractivity contribution in [3.05, 3.63) is 76.2 Å². The number of thiophene rings is 1. The van der Waals surface area contributed by atoms with Crippen molar-refractivity contribution in [1.82, 2.24) is 5.01 Å².